The average Bonchev–Trinajstić information content (AvgIpc) is 2.86. The van der Waals surface area contributed by atoms with Crippen LogP contribution in [0.2, 0.25) is 0 Å². The summed E-state index contributed by atoms with van der Waals surface area (Å²) in [5.74, 6) is -0.333. The van der Waals surface area contributed by atoms with Crippen LogP contribution in [0.3, 0.4) is 0 Å². The Labute approximate surface area is 212 Å². The molecule has 2 amide bonds. The van der Waals surface area contributed by atoms with E-state index in [1.165, 1.54) is 6.07 Å². The summed E-state index contributed by atoms with van der Waals surface area (Å²) in [6.45, 7) is 6.71. The lowest BCUT2D eigenvalue weighted by molar-refractivity contribution is -0.385. The van der Waals surface area contributed by atoms with Crippen molar-refractivity contribution in [1.29, 1.82) is 0 Å². The first-order valence-electron chi connectivity index (χ1n) is 12.1. The maximum absolute atomic E-state index is 13.8. The fraction of sp³-hybridized carbons (Fsp3) is 0.310. The molecule has 3 aromatic rings. The molecule has 7 nitrogen and oxygen atoms in total. The molecule has 0 aliphatic carbocycles. The Bertz CT molecular complexity index is 1180. The van der Waals surface area contributed by atoms with E-state index in [0.717, 1.165) is 16.7 Å². The van der Waals surface area contributed by atoms with Gasteiger partial charge in [-0.05, 0) is 24.0 Å². The Morgan fingerprint density at radius 3 is 2.19 bits per heavy atom. The minimum absolute atomic E-state index is 0.106. The van der Waals surface area contributed by atoms with Crippen LogP contribution in [0.1, 0.15) is 36.1 Å². The standard InChI is InChI=1S/C29H33N3O4/c1-21(2)19-30-29(34)27(17-23-9-5-4-6-10-23)31(20-24-15-13-22(3)14-16-24)28(33)18-25-11-7-8-12-26(25)32(35)36/h4-16,21,27H,17-20H2,1-3H3,(H,30,34)/t27-/m1/s1. The zero-order chi connectivity index (χ0) is 26.1. The van der Waals surface area contributed by atoms with Gasteiger partial charge in [0.05, 0.1) is 11.3 Å². The van der Waals surface area contributed by atoms with Crippen LogP contribution in [0.25, 0.3) is 0 Å². The molecule has 0 aliphatic rings. The Kier molecular flexibility index (Phi) is 9.33. The van der Waals surface area contributed by atoms with E-state index in [0.29, 0.717) is 18.5 Å². The van der Waals surface area contributed by atoms with Crippen molar-refractivity contribution in [3.8, 4) is 0 Å². The number of aryl methyl sites for hydroxylation is 1. The summed E-state index contributed by atoms with van der Waals surface area (Å²) in [5.41, 5.74) is 3.11. The summed E-state index contributed by atoms with van der Waals surface area (Å²) in [7, 11) is 0. The number of carbonyl (C=O) groups excluding carboxylic acids is 2. The van der Waals surface area contributed by atoms with Crippen molar-refractivity contribution >= 4 is 17.5 Å². The maximum atomic E-state index is 13.8. The van der Waals surface area contributed by atoms with E-state index in [4.69, 9.17) is 0 Å². The molecule has 1 atom stereocenters. The molecule has 0 bridgehead atoms. The van der Waals surface area contributed by atoms with Crippen molar-refractivity contribution in [2.75, 3.05) is 6.54 Å². The van der Waals surface area contributed by atoms with Crippen molar-refractivity contribution in [3.63, 3.8) is 0 Å². The molecule has 0 aromatic heterocycles. The van der Waals surface area contributed by atoms with Gasteiger partial charge in [-0.15, -0.1) is 0 Å². The van der Waals surface area contributed by atoms with Gasteiger partial charge in [-0.25, -0.2) is 0 Å². The summed E-state index contributed by atoms with van der Waals surface area (Å²) in [4.78, 5) is 39.8. The molecule has 3 rings (SSSR count). The number of nitrogens with zero attached hydrogens (tertiary/aromatic N) is 2. The number of para-hydroxylation sites is 1. The summed E-state index contributed by atoms with van der Waals surface area (Å²) in [6, 6.07) is 22.8. The normalized spacial score (nSPS) is 11.7. The van der Waals surface area contributed by atoms with Crippen LogP contribution in [0, 0.1) is 23.0 Å². The summed E-state index contributed by atoms with van der Waals surface area (Å²) in [5, 5.41) is 14.5. The van der Waals surface area contributed by atoms with Gasteiger partial charge in [0.15, 0.2) is 0 Å². The molecule has 0 saturated carbocycles. The van der Waals surface area contributed by atoms with E-state index < -0.39 is 11.0 Å². The van der Waals surface area contributed by atoms with Crippen molar-refractivity contribution in [1.82, 2.24) is 10.2 Å². The highest BCUT2D eigenvalue weighted by molar-refractivity contribution is 5.89. The number of hydrogen-bond acceptors (Lipinski definition) is 4. The fourth-order valence-corrected chi connectivity index (χ4v) is 3.97. The summed E-state index contributed by atoms with van der Waals surface area (Å²) >= 11 is 0. The third kappa shape index (κ3) is 7.50. The number of benzene rings is 3. The van der Waals surface area contributed by atoms with Crippen LogP contribution >= 0.6 is 0 Å². The second-order valence-corrected chi connectivity index (χ2v) is 9.41. The first kappa shape index (κ1) is 26.6. The second-order valence-electron chi connectivity index (χ2n) is 9.41. The lowest BCUT2D eigenvalue weighted by Gasteiger charge is -2.32. The molecule has 0 fully saturated rings. The Morgan fingerprint density at radius 2 is 1.56 bits per heavy atom. The number of rotatable bonds is 11. The quantitative estimate of drug-likeness (QED) is 0.309. The molecule has 0 saturated heterocycles. The molecule has 1 N–H and O–H groups in total. The van der Waals surface area contributed by atoms with E-state index in [9.17, 15) is 19.7 Å². The first-order valence-corrected chi connectivity index (χ1v) is 12.1. The lowest BCUT2D eigenvalue weighted by Crippen LogP contribution is -2.51. The zero-order valence-electron chi connectivity index (χ0n) is 21.0. The van der Waals surface area contributed by atoms with E-state index in [1.54, 1.807) is 23.1 Å². The number of carbonyl (C=O) groups is 2. The highest BCUT2D eigenvalue weighted by Gasteiger charge is 2.31. The maximum Gasteiger partial charge on any atom is 0.273 e. The molecular formula is C29H33N3O4. The number of nitro groups is 1. The van der Waals surface area contributed by atoms with Gasteiger partial charge in [0, 0.05) is 31.1 Å². The monoisotopic (exact) mass is 487 g/mol. The van der Waals surface area contributed by atoms with Gasteiger partial charge in [0.25, 0.3) is 5.69 Å². The SMILES string of the molecule is Cc1ccc(CN(C(=O)Cc2ccccc2[N+](=O)[O-])[C@H](Cc2ccccc2)C(=O)NCC(C)C)cc1. The predicted octanol–water partition coefficient (Wildman–Crippen LogP) is 4.86. The van der Waals surface area contributed by atoms with Crippen molar-refractivity contribution < 1.29 is 14.5 Å². The molecule has 188 valence electrons. The van der Waals surface area contributed by atoms with Gasteiger partial charge in [-0.1, -0.05) is 92.2 Å². The van der Waals surface area contributed by atoms with Crippen molar-refractivity contribution in [2.24, 2.45) is 5.92 Å². The molecule has 7 heteroatoms. The number of nitro benzene ring substituents is 1. The zero-order valence-corrected chi connectivity index (χ0v) is 21.0. The van der Waals surface area contributed by atoms with E-state index in [-0.39, 0.29) is 36.4 Å². The van der Waals surface area contributed by atoms with Crippen LogP contribution < -0.4 is 5.32 Å². The molecule has 0 unspecified atom stereocenters. The van der Waals surface area contributed by atoms with Gasteiger partial charge in [0.1, 0.15) is 6.04 Å². The molecule has 0 radical (unpaired) electrons. The second kappa shape index (κ2) is 12.6. The van der Waals surface area contributed by atoms with Crippen LogP contribution in [0.5, 0.6) is 0 Å². The van der Waals surface area contributed by atoms with Gasteiger partial charge in [0.2, 0.25) is 11.8 Å². The van der Waals surface area contributed by atoms with Gasteiger partial charge in [-0.2, -0.15) is 0 Å². The largest absolute Gasteiger partial charge is 0.354 e. The number of nitrogens with one attached hydrogen (secondary N) is 1. The van der Waals surface area contributed by atoms with Gasteiger partial charge in [-0.3, -0.25) is 19.7 Å². The van der Waals surface area contributed by atoms with E-state index in [2.05, 4.69) is 5.32 Å². The van der Waals surface area contributed by atoms with Crippen LogP contribution in [-0.2, 0) is 29.0 Å². The third-order valence-corrected chi connectivity index (χ3v) is 5.96. The average molecular weight is 488 g/mol. The van der Waals surface area contributed by atoms with Crippen LogP contribution in [0.15, 0.2) is 78.9 Å². The van der Waals surface area contributed by atoms with Crippen molar-refractivity contribution in [2.45, 2.75) is 46.2 Å². The molecule has 3 aromatic carbocycles. The topological polar surface area (TPSA) is 92.6 Å². The highest BCUT2D eigenvalue weighted by atomic mass is 16.6. The smallest absolute Gasteiger partial charge is 0.273 e. The molecular weight excluding hydrogens is 454 g/mol. The Morgan fingerprint density at radius 1 is 0.917 bits per heavy atom. The van der Waals surface area contributed by atoms with Gasteiger partial charge < -0.3 is 10.2 Å². The van der Waals surface area contributed by atoms with E-state index in [1.807, 2.05) is 75.4 Å². The van der Waals surface area contributed by atoms with Crippen LogP contribution in [-0.4, -0.2) is 34.2 Å². The van der Waals surface area contributed by atoms with Gasteiger partial charge >= 0.3 is 0 Å². The van der Waals surface area contributed by atoms with Crippen LogP contribution in [0.4, 0.5) is 5.69 Å². The van der Waals surface area contributed by atoms with E-state index >= 15 is 0 Å². The molecule has 0 aliphatic heterocycles. The lowest BCUT2D eigenvalue weighted by atomic mass is 10.0. The minimum atomic E-state index is -0.775. The molecule has 36 heavy (non-hydrogen) atoms. The predicted molar refractivity (Wildman–Crippen MR) is 140 cm³/mol. The summed E-state index contributed by atoms with van der Waals surface area (Å²) < 4.78 is 0. The fourth-order valence-electron chi connectivity index (χ4n) is 3.97. The van der Waals surface area contributed by atoms with Crippen molar-refractivity contribution in [3.05, 3.63) is 111 Å². The first-order chi connectivity index (χ1) is 17.2. The number of amides is 2. The molecule has 0 heterocycles. The minimum Gasteiger partial charge on any atom is -0.354 e. The Hall–Kier alpha value is -4.00. The highest BCUT2D eigenvalue weighted by Crippen LogP contribution is 2.22. The summed E-state index contributed by atoms with van der Waals surface area (Å²) in [6.07, 6.45) is 0.158. The third-order valence-electron chi connectivity index (χ3n) is 5.96. The number of hydrogen-bond donors (Lipinski definition) is 1. The Balaban J connectivity index is 1.99. The molecule has 0 spiro atoms.